The molecule has 134 valence electrons. The molecular weight excluding hydrogens is 411 g/mol. The highest BCUT2D eigenvalue weighted by Crippen LogP contribution is 2.29. The van der Waals surface area contributed by atoms with Crippen LogP contribution in [0.15, 0.2) is 23.6 Å². The van der Waals surface area contributed by atoms with E-state index >= 15 is 0 Å². The molecule has 2 rings (SSSR count). The standard InChI is InChI=1S/C14H12Cl2N2O5S2/c1-2-23-14(20)13(19)18-25(21,22)7-12-17-11(6-24-12)8-3-4-9(15)10(16)5-8/h3-6H,2,7H2,1H3,(H,18,19). The zero-order valence-electron chi connectivity index (χ0n) is 12.8. The Hall–Kier alpha value is -1.68. The molecule has 0 atom stereocenters. The van der Waals surface area contributed by atoms with Gasteiger partial charge in [-0.3, -0.25) is 4.79 Å². The number of thiazole rings is 1. The SMILES string of the molecule is CCOC(=O)C(=O)NS(=O)(=O)Cc1nc(-c2ccc(Cl)c(Cl)c2)cs1. The van der Waals surface area contributed by atoms with Gasteiger partial charge in [-0.1, -0.05) is 29.3 Å². The normalized spacial score (nSPS) is 11.2. The fourth-order valence-corrected chi connectivity index (χ4v) is 4.19. The molecule has 0 aliphatic carbocycles. The number of halogens is 2. The Balaban J connectivity index is 2.10. The highest BCUT2D eigenvalue weighted by Gasteiger charge is 2.23. The minimum Gasteiger partial charge on any atom is -0.459 e. The van der Waals surface area contributed by atoms with Crippen molar-refractivity contribution in [3.63, 3.8) is 0 Å². The highest BCUT2D eigenvalue weighted by atomic mass is 35.5. The lowest BCUT2D eigenvalue weighted by molar-refractivity contribution is -0.153. The van der Waals surface area contributed by atoms with Crippen LogP contribution >= 0.6 is 34.5 Å². The van der Waals surface area contributed by atoms with Crippen molar-refractivity contribution in [1.29, 1.82) is 0 Å². The smallest absolute Gasteiger partial charge is 0.397 e. The Morgan fingerprint density at radius 1 is 1.28 bits per heavy atom. The predicted molar refractivity (Wildman–Crippen MR) is 95.0 cm³/mol. The summed E-state index contributed by atoms with van der Waals surface area (Å²) in [5.74, 6) is -3.16. The number of aromatic nitrogens is 1. The number of benzene rings is 1. The Morgan fingerprint density at radius 2 is 2.00 bits per heavy atom. The van der Waals surface area contributed by atoms with E-state index < -0.39 is 27.7 Å². The first-order chi connectivity index (χ1) is 11.7. The molecule has 25 heavy (non-hydrogen) atoms. The quantitative estimate of drug-likeness (QED) is 0.586. The summed E-state index contributed by atoms with van der Waals surface area (Å²) in [6, 6.07) is 4.92. The van der Waals surface area contributed by atoms with E-state index in [0.29, 0.717) is 21.3 Å². The maximum Gasteiger partial charge on any atom is 0.397 e. The summed E-state index contributed by atoms with van der Waals surface area (Å²) in [6.07, 6.45) is 0. The molecule has 0 radical (unpaired) electrons. The number of sulfonamides is 1. The molecule has 1 N–H and O–H groups in total. The summed E-state index contributed by atoms with van der Waals surface area (Å²) in [6.45, 7) is 1.46. The second-order valence-corrected chi connectivity index (χ2v) is 8.15. The number of esters is 1. The number of amides is 1. The molecule has 1 amide bonds. The van der Waals surface area contributed by atoms with Crippen LogP contribution in [0.4, 0.5) is 0 Å². The summed E-state index contributed by atoms with van der Waals surface area (Å²) in [5, 5.41) is 2.64. The van der Waals surface area contributed by atoms with E-state index in [-0.39, 0.29) is 11.6 Å². The van der Waals surface area contributed by atoms with Crippen molar-refractivity contribution in [3.8, 4) is 11.3 Å². The van der Waals surface area contributed by atoms with Crippen molar-refractivity contribution in [2.75, 3.05) is 6.61 Å². The first-order valence-corrected chi connectivity index (χ1v) is 10.1. The summed E-state index contributed by atoms with van der Waals surface area (Å²) in [7, 11) is -4.08. The van der Waals surface area contributed by atoms with Gasteiger partial charge in [-0.15, -0.1) is 11.3 Å². The molecule has 2 aromatic rings. The molecule has 1 aromatic heterocycles. The highest BCUT2D eigenvalue weighted by molar-refractivity contribution is 7.89. The lowest BCUT2D eigenvalue weighted by Gasteiger charge is -2.04. The molecular formula is C14H12Cl2N2O5S2. The molecule has 1 heterocycles. The van der Waals surface area contributed by atoms with Gasteiger partial charge in [0.15, 0.2) is 0 Å². The average molecular weight is 423 g/mol. The van der Waals surface area contributed by atoms with Crippen molar-refractivity contribution in [1.82, 2.24) is 9.71 Å². The van der Waals surface area contributed by atoms with E-state index in [9.17, 15) is 18.0 Å². The Morgan fingerprint density at radius 3 is 2.64 bits per heavy atom. The van der Waals surface area contributed by atoms with Gasteiger partial charge in [0.1, 0.15) is 10.8 Å². The van der Waals surface area contributed by atoms with Crippen molar-refractivity contribution in [2.45, 2.75) is 12.7 Å². The van der Waals surface area contributed by atoms with E-state index in [1.54, 1.807) is 28.3 Å². The van der Waals surface area contributed by atoms with Crippen molar-refractivity contribution < 1.29 is 22.7 Å². The molecule has 7 nitrogen and oxygen atoms in total. The number of carbonyl (C=O) groups excluding carboxylic acids is 2. The van der Waals surface area contributed by atoms with Crippen LogP contribution in [-0.2, 0) is 30.1 Å². The van der Waals surface area contributed by atoms with Gasteiger partial charge in [-0.05, 0) is 19.1 Å². The summed E-state index contributed by atoms with van der Waals surface area (Å²) < 4.78 is 30.0. The number of carbonyl (C=O) groups is 2. The fraction of sp³-hybridized carbons (Fsp3) is 0.214. The van der Waals surface area contributed by atoms with Crippen molar-refractivity contribution >= 4 is 56.4 Å². The Kier molecular flexibility index (Phi) is 6.39. The van der Waals surface area contributed by atoms with Crippen LogP contribution in [0, 0.1) is 0 Å². The average Bonchev–Trinajstić information content (AvgIpc) is 2.97. The number of rotatable bonds is 5. The minimum atomic E-state index is -4.08. The van der Waals surface area contributed by atoms with Crippen LogP contribution in [0.5, 0.6) is 0 Å². The van der Waals surface area contributed by atoms with Gasteiger partial charge in [0.2, 0.25) is 10.0 Å². The number of hydrogen-bond donors (Lipinski definition) is 1. The van der Waals surface area contributed by atoms with Gasteiger partial charge < -0.3 is 4.74 Å². The number of ether oxygens (including phenoxy) is 1. The first kappa shape index (κ1) is 19.6. The Labute approximate surface area is 158 Å². The zero-order valence-corrected chi connectivity index (χ0v) is 15.9. The zero-order chi connectivity index (χ0) is 18.6. The third-order valence-electron chi connectivity index (χ3n) is 2.79. The summed E-state index contributed by atoms with van der Waals surface area (Å²) in [4.78, 5) is 26.8. The van der Waals surface area contributed by atoms with E-state index in [1.807, 2.05) is 0 Å². The maximum atomic E-state index is 12.0. The maximum absolute atomic E-state index is 12.0. The van der Waals surface area contributed by atoms with Crippen LogP contribution in [0.1, 0.15) is 11.9 Å². The van der Waals surface area contributed by atoms with Gasteiger partial charge in [-0.25, -0.2) is 22.9 Å². The molecule has 0 bridgehead atoms. The van der Waals surface area contributed by atoms with Gasteiger partial charge in [0, 0.05) is 10.9 Å². The molecule has 0 saturated heterocycles. The van der Waals surface area contributed by atoms with E-state index in [2.05, 4.69) is 9.72 Å². The van der Waals surface area contributed by atoms with Gasteiger partial charge in [-0.2, -0.15) is 0 Å². The molecule has 0 spiro atoms. The minimum absolute atomic E-state index is 0.0359. The van der Waals surface area contributed by atoms with Crippen LogP contribution in [-0.4, -0.2) is 31.9 Å². The van der Waals surface area contributed by atoms with Gasteiger partial charge in [0.05, 0.1) is 22.3 Å². The summed E-state index contributed by atoms with van der Waals surface area (Å²) >= 11 is 12.9. The van der Waals surface area contributed by atoms with Gasteiger partial charge in [0.25, 0.3) is 0 Å². The molecule has 0 aliphatic rings. The van der Waals surface area contributed by atoms with Crippen LogP contribution in [0.2, 0.25) is 10.0 Å². The van der Waals surface area contributed by atoms with Crippen molar-refractivity contribution in [2.24, 2.45) is 0 Å². The van der Waals surface area contributed by atoms with E-state index in [4.69, 9.17) is 23.2 Å². The second kappa shape index (κ2) is 8.13. The van der Waals surface area contributed by atoms with Crippen LogP contribution in [0.3, 0.4) is 0 Å². The lowest BCUT2D eigenvalue weighted by Crippen LogP contribution is -2.37. The Bertz CT molecular complexity index is 912. The number of nitrogens with zero attached hydrogens (tertiary/aromatic N) is 1. The monoisotopic (exact) mass is 422 g/mol. The number of hydrogen-bond acceptors (Lipinski definition) is 7. The molecule has 0 saturated carbocycles. The topological polar surface area (TPSA) is 102 Å². The van der Waals surface area contributed by atoms with E-state index in [0.717, 1.165) is 11.3 Å². The molecule has 11 heteroatoms. The lowest BCUT2D eigenvalue weighted by atomic mass is 10.2. The first-order valence-electron chi connectivity index (χ1n) is 6.83. The van der Waals surface area contributed by atoms with Crippen molar-refractivity contribution in [3.05, 3.63) is 38.6 Å². The number of nitrogens with one attached hydrogen (secondary N) is 1. The summed E-state index contributed by atoms with van der Waals surface area (Å²) in [5.41, 5.74) is 1.19. The van der Waals surface area contributed by atoms with Crippen LogP contribution in [0.25, 0.3) is 11.3 Å². The molecule has 0 fully saturated rings. The van der Waals surface area contributed by atoms with E-state index in [1.165, 1.54) is 6.92 Å². The van der Waals surface area contributed by atoms with Crippen LogP contribution < -0.4 is 4.72 Å². The molecule has 0 unspecified atom stereocenters. The molecule has 0 aliphatic heterocycles. The van der Waals surface area contributed by atoms with Gasteiger partial charge >= 0.3 is 11.9 Å². The fourth-order valence-electron chi connectivity index (χ4n) is 1.74. The largest absolute Gasteiger partial charge is 0.459 e. The predicted octanol–water partition coefficient (Wildman–Crippen LogP) is 2.63. The third kappa shape index (κ3) is 5.40. The second-order valence-electron chi connectivity index (χ2n) is 4.67. The third-order valence-corrected chi connectivity index (χ3v) is 5.71. The molecule has 1 aromatic carbocycles.